The number of rotatable bonds is 3. The highest BCUT2D eigenvalue weighted by Gasteiger charge is 2.17. The molecule has 0 aliphatic rings. The van der Waals surface area contributed by atoms with Crippen LogP contribution >= 0.6 is 45.8 Å². The molecule has 10 heavy (non-hydrogen) atoms. The van der Waals surface area contributed by atoms with Crippen molar-refractivity contribution in [1.82, 2.24) is 0 Å². The molecule has 0 saturated carbocycles. The zero-order valence-electron chi connectivity index (χ0n) is 5.31. The molecule has 0 spiro atoms. The summed E-state index contributed by atoms with van der Waals surface area (Å²) in [4.78, 5) is 10.2. The molecule has 5 heteroatoms. The van der Waals surface area contributed by atoms with E-state index in [1.807, 2.05) is 22.6 Å². The van der Waals surface area contributed by atoms with E-state index in [0.29, 0.717) is 6.42 Å². The van der Waals surface area contributed by atoms with E-state index in [2.05, 4.69) is 4.74 Å². The number of carbonyl (C=O) groups excluding carboxylic acids is 1. The number of carbonyl (C=O) groups is 1. The highest BCUT2D eigenvalue weighted by molar-refractivity contribution is 14.1. The number of hydrogen-bond acceptors (Lipinski definition) is 2. The summed E-state index contributed by atoms with van der Waals surface area (Å²) in [7, 11) is 1.34. The fourth-order valence-electron chi connectivity index (χ4n) is 0.381. The first kappa shape index (κ1) is 10.8. The van der Waals surface area contributed by atoms with Gasteiger partial charge in [-0.05, 0) is 6.42 Å². The van der Waals surface area contributed by atoms with Gasteiger partial charge in [-0.3, -0.25) is 4.79 Å². The van der Waals surface area contributed by atoms with Crippen molar-refractivity contribution in [1.29, 1.82) is 0 Å². The Kier molecular flexibility index (Phi) is 5.86. The molecule has 0 N–H and O–H groups in total. The van der Waals surface area contributed by atoms with Crippen LogP contribution in [0.1, 0.15) is 6.42 Å². The maximum Gasteiger partial charge on any atom is 0.318 e. The van der Waals surface area contributed by atoms with E-state index in [0.717, 1.165) is 0 Å². The quantitative estimate of drug-likeness (QED) is 0.453. The molecular formula is C5H7Cl2IO2. The maximum atomic E-state index is 10.7. The molecule has 0 aliphatic heterocycles. The van der Waals surface area contributed by atoms with Crippen LogP contribution in [0, 0.1) is 0 Å². The molecule has 2 nitrogen and oxygen atoms in total. The second-order valence-electron chi connectivity index (χ2n) is 1.62. The van der Waals surface area contributed by atoms with Gasteiger partial charge in [-0.2, -0.15) is 0 Å². The molecular weight excluding hydrogens is 290 g/mol. The third-order valence-corrected chi connectivity index (χ3v) is 2.22. The number of esters is 1. The molecule has 0 fully saturated rings. The molecule has 0 aromatic rings. The third kappa shape index (κ3) is 4.57. The van der Waals surface area contributed by atoms with Crippen molar-refractivity contribution in [3.05, 3.63) is 0 Å². The Morgan fingerprint density at radius 2 is 2.20 bits per heavy atom. The zero-order valence-corrected chi connectivity index (χ0v) is 8.98. The lowest BCUT2D eigenvalue weighted by molar-refractivity contribution is -0.139. The predicted molar refractivity (Wildman–Crippen MR) is 49.9 cm³/mol. The molecule has 1 atom stereocenters. The summed E-state index contributed by atoms with van der Waals surface area (Å²) in [6, 6.07) is 0. The van der Waals surface area contributed by atoms with Crippen LogP contribution in [0.15, 0.2) is 0 Å². The Labute approximate surface area is 83.3 Å². The van der Waals surface area contributed by atoms with Crippen molar-refractivity contribution in [2.24, 2.45) is 0 Å². The van der Waals surface area contributed by atoms with Crippen LogP contribution in [0.4, 0.5) is 0 Å². The van der Waals surface area contributed by atoms with Crippen LogP contribution in [-0.4, -0.2) is 21.8 Å². The van der Waals surface area contributed by atoms with Gasteiger partial charge >= 0.3 is 5.97 Å². The van der Waals surface area contributed by atoms with E-state index >= 15 is 0 Å². The highest BCUT2D eigenvalue weighted by atomic mass is 127. The van der Waals surface area contributed by atoms with Crippen molar-refractivity contribution < 1.29 is 9.53 Å². The molecule has 0 aromatic carbocycles. The van der Waals surface area contributed by atoms with Crippen molar-refractivity contribution in [2.75, 3.05) is 7.11 Å². The van der Waals surface area contributed by atoms with Crippen molar-refractivity contribution >= 4 is 51.8 Å². The normalized spacial score (nSPS) is 13.3. The van der Waals surface area contributed by atoms with Gasteiger partial charge in [-0.15, -0.1) is 23.2 Å². The second-order valence-corrected chi connectivity index (χ2v) is 4.40. The van der Waals surface area contributed by atoms with E-state index in [4.69, 9.17) is 23.2 Å². The first-order chi connectivity index (χ1) is 4.57. The van der Waals surface area contributed by atoms with E-state index in [-0.39, 0.29) is 9.89 Å². The molecule has 0 amide bonds. The summed E-state index contributed by atoms with van der Waals surface area (Å²) in [5.41, 5.74) is 0. The van der Waals surface area contributed by atoms with E-state index in [1.165, 1.54) is 7.11 Å². The maximum absolute atomic E-state index is 10.7. The van der Waals surface area contributed by atoms with Gasteiger partial charge < -0.3 is 4.74 Å². The largest absolute Gasteiger partial charge is 0.468 e. The Morgan fingerprint density at radius 3 is 2.50 bits per heavy atom. The van der Waals surface area contributed by atoms with Gasteiger partial charge in [0.05, 0.1) is 7.11 Å². The minimum absolute atomic E-state index is 0.248. The Hall–Kier alpha value is 0.780. The fourth-order valence-corrected chi connectivity index (χ4v) is 2.10. The van der Waals surface area contributed by atoms with Crippen LogP contribution in [0.2, 0.25) is 0 Å². The van der Waals surface area contributed by atoms with Gasteiger partial charge in [-0.25, -0.2) is 0 Å². The van der Waals surface area contributed by atoms with Gasteiger partial charge in [0.15, 0.2) is 0 Å². The topological polar surface area (TPSA) is 26.3 Å². The lowest BCUT2D eigenvalue weighted by Crippen LogP contribution is -2.17. The number of ether oxygens (including phenoxy) is 1. The number of hydrogen-bond donors (Lipinski definition) is 0. The SMILES string of the molecule is COC(=O)C(I)CC(Cl)Cl. The lowest BCUT2D eigenvalue weighted by atomic mass is 10.3. The van der Waals surface area contributed by atoms with Crippen molar-refractivity contribution in [2.45, 2.75) is 15.2 Å². The standard InChI is InChI=1S/C5H7Cl2IO2/c1-10-5(9)3(8)2-4(6)7/h3-4H,2H2,1H3. The molecule has 0 bridgehead atoms. The van der Waals surface area contributed by atoms with E-state index < -0.39 is 4.84 Å². The molecule has 0 rings (SSSR count). The van der Waals surface area contributed by atoms with Crippen LogP contribution in [0.3, 0.4) is 0 Å². The average Bonchev–Trinajstić information content (AvgIpc) is 1.85. The van der Waals surface area contributed by atoms with Gasteiger partial charge in [0.2, 0.25) is 0 Å². The zero-order chi connectivity index (χ0) is 8.15. The van der Waals surface area contributed by atoms with Crippen LogP contribution in [0.5, 0.6) is 0 Å². The number of methoxy groups -OCH3 is 1. The van der Waals surface area contributed by atoms with Gasteiger partial charge in [0.25, 0.3) is 0 Å². The molecule has 0 heterocycles. The van der Waals surface area contributed by atoms with Crippen molar-refractivity contribution in [3.8, 4) is 0 Å². The molecule has 0 aromatic heterocycles. The second kappa shape index (κ2) is 5.43. The molecule has 0 saturated heterocycles. The van der Waals surface area contributed by atoms with Crippen LogP contribution < -0.4 is 0 Å². The van der Waals surface area contributed by atoms with E-state index in [1.54, 1.807) is 0 Å². The summed E-state index contributed by atoms with van der Waals surface area (Å²) in [5, 5.41) is 0. The predicted octanol–water partition coefficient (Wildman–Crippen LogP) is 2.16. The van der Waals surface area contributed by atoms with Crippen LogP contribution in [0.25, 0.3) is 0 Å². The van der Waals surface area contributed by atoms with Crippen LogP contribution in [-0.2, 0) is 9.53 Å². The lowest BCUT2D eigenvalue weighted by Gasteiger charge is -2.06. The van der Waals surface area contributed by atoms with E-state index in [9.17, 15) is 4.79 Å². The smallest absolute Gasteiger partial charge is 0.318 e. The van der Waals surface area contributed by atoms with Gasteiger partial charge in [-0.1, -0.05) is 22.6 Å². The first-order valence-corrected chi connectivity index (χ1v) is 4.69. The molecule has 0 radical (unpaired) electrons. The molecule has 60 valence electrons. The van der Waals surface area contributed by atoms with Gasteiger partial charge in [0, 0.05) is 0 Å². The van der Waals surface area contributed by atoms with Crippen molar-refractivity contribution in [3.63, 3.8) is 0 Å². The molecule has 1 unspecified atom stereocenters. The van der Waals surface area contributed by atoms with Gasteiger partial charge in [0.1, 0.15) is 8.76 Å². The number of alkyl halides is 3. The first-order valence-electron chi connectivity index (χ1n) is 2.58. The summed E-state index contributed by atoms with van der Waals surface area (Å²) >= 11 is 12.8. The minimum atomic E-state index is -0.499. The Morgan fingerprint density at radius 1 is 1.70 bits per heavy atom. The average molecular weight is 297 g/mol. The highest BCUT2D eigenvalue weighted by Crippen LogP contribution is 2.16. The third-order valence-electron chi connectivity index (χ3n) is 0.842. The fraction of sp³-hybridized carbons (Fsp3) is 0.800. The summed E-state index contributed by atoms with van der Waals surface area (Å²) < 4.78 is 4.20. The summed E-state index contributed by atoms with van der Waals surface area (Å²) in [6.45, 7) is 0. The summed E-state index contributed by atoms with van der Waals surface area (Å²) in [5.74, 6) is -0.285. The Bertz CT molecular complexity index is 118. The summed E-state index contributed by atoms with van der Waals surface area (Å²) in [6.07, 6.45) is 0.427. The monoisotopic (exact) mass is 296 g/mol. The minimum Gasteiger partial charge on any atom is -0.468 e. The molecule has 0 aliphatic carbocycles. The number of halogens is 3. The Balaban J connectivity index is 3.61.